The summed E-state index contributed by atoms with van der Waals surface area (Å²) in [6.07, 6.45) is 5.04. The monoisotopic (exact) mass is 355 g/mol. The fraction of sp³-hybridized carbons (Fsp3) is 0.333. The van der Waals surface area contributed by atoms with Gasteiger partial charge in [0, 0.05) is 25.6 Å². The molecule has 2 amide bonds. The molecule has 1 fully saturated rings. The molecular weight excluding hydrogens is 337 g/mol. The Labute approximate surface area is 150 Å². The average Bonchev–Trinajstić information content (AvgIpc) is 3.33. The van der Waals surface area contributed by atoms with Gasteiger partial charge in [-0.25, -0.2) is 24.2 Å². The number of carbonyl (C=O) groups is 1. The Morgan fingerprint density at radius 3 is 2.73 bits per heavy atom. The third-order valence-electron chi connectivity index (χ3n) is 4.49. The molecule has 26 heavy (non-hydrogen) atoms. The summed E-state index contributed by atoms with van der Waals surface area (Å²) in [5, 5.41) is 5.80. The minimum absolute atomic E-state index is 0.0795. The van der Waals surface area contributed by atoms with E-state index in [1.165, 1.54) is 5.01 Å². The number of nitrogens with zero attached hydrogens (tertiary/aromatic N) is 5. The maximum absolute atomic E-state index is 12.9. The van der Waals surface area contributed by atoms with Crippen molar-refractivity contribution in [3.05, 3.63) is 54.1 Å². The standard InChI is InChI=1S/C18H18FN5O2/c19-14-10-20-17(21-11-14)26-15-7-9-23(12-15)18(25)24-16(6-8-22-24)13-4-2-1-3-5-13/h1-5,8,10-11,15-16H,6-7,9,12H2. The Morgan fingerprint density at radius 2 is 1.96 bits per heavy atom. The van der Waals surface area contributed by atoms with Crippen molar-refractivity contribution in [2.24, 2.45) is 5.10 Å². The fourth-order valence-corrected chi connectivity index (χ4v) is 3.20. The highest BCUT2D eigenvalue weighted by molar-refractivity contribution is 5.78. The van der Waals surface area contributed by atoms with E-state index in [4.69, 9.17) is 4.74 Å². The van der Waals surface area contributed by atoms with Crippen LogP contribution < -0.4 is 4.74 Å². The Hall–Kier alpha value is -3.03. The molecule has 2 atom stereocenters. The van der Waals surface area contributed by atoms with Crippen molar-refractivity contribution in [3.8, 4) is 6.01 Å². The molecule has 3 heterocycles. The van der Waals surface area contributed by atoms with Gasteiger partial charge in [-0.05, 0) is 5.56 Å². The van der Waals surface area contributed by atoms with Crippen molar-refractivity contribution in [1.82, 2.24) is 19.9 Å². The van der Waals surface area contributed by atoms with Crippen LogP contribution in [0.25, 0.3) is 0 Å². The second kappa shape index (κ2) is 7.07. The first-order chi connectivity index (χ1) is 12.7. The van der Waals surface area contributed by atoms with Crippen LogP contribution in [0.2, 0.25) is 0 Å². The van der Waals surface area contributed by atoms with Crippen molar-refractivity contribution in [2.75, 3.05) is 13.1 Å². The van der Waals surface area contributed by atoms with Gasteiger partial charge in [-0.3, -0.25) is 0 Å². The van der Waals surface area contributed by atoms with Crippen LogP contribution in [0.3, 0.4) is 0 Å². The first-order valence-electron chi connectivity index (χ1n) is 8.50. The normalized spacial score (nSPS) is 22.0. The van der Waals surface area contributed by atoms with Gasteiger partial charge in [0.2, 0.25) is 0 Å². The lowest BCUT2D eigenvalue weighted by Gasteiger charge is -2.27. The van der Waals surface area contributed by atoms with Crippen molar-refractivity contribution >= 4 is 12.2 Å². The number of hydrogen-bond acceptors (Lipinski definition) is 5. The maximum atomic E-state index is 12.9. The van der Waals surface area contributed by atoms with Gasteiger partial charge in [0.1, 0.15) is 6.10 Å². The zero-order chi connectivity index (χ0) is 17.9. The molecule has 4 rings (SSSR count). The van der Waals surface area contributed by atoms with E-state index in [1.54, 1.807) is 11.1 Å². The Bertz CT molecular complexity index is 799. The molecule has 1 saturated heterocycles. The average molecular weight is 355 g/mol. The number of likely N-dealkylation sites (tertiary alicyclic amines) is 1. The Kier molecular flexibility index (Phi) is 4.47. The number of carbonyl (C=O) groups excluding carboxylic acids is 1. The van der Waals surface area contributed by atoms with E-state index in [2.05, 4.69) is 15.1 Å². The van der Waals surface area contributed by atoms with Gasteiger partial charge in [-0.2, -0.15) is 5.10 Å². The number of hydrogen-bond donors (Lipinski definition) is 0. The summed E-state index contributed by atoms with van der Waals surface area (Å²) in [6.45, 7) is 0.991. The molecule has 2 aliphatic rings. The molecule has 134 valence electrons. The highest BCUT2D eigenvalue weighted by atomic mass is 19.1. The molecule has 0 radical (unpaired) electrons. The van der Waals surface area contributed by atoms with Crippen LogP contribution >= 0.6 is 0 Å². The van der Waals surface area contributed by atoms with Crippen LogP contribution in [0.15, 0.2) is 47.8 Å². The number of benzene rings is 1. The zero-order valence-corrected chi connectivity index (χ0v) is 14.0. The zero-order valence-electron chi connectivity index (χ0n) is 14.0. The summed E-state index contributed by atoms with van der Waals surface area (Å²) in [7, 11) is 0. The lowest BCUT2D eigenvalue weighted by molar-refractivity contribution is 0.140. The third-order valence-corrected chi connectivity index (χ3v) is 4.49. The SMILES string of the molecule is O=C(N1CCC(Oc2ncc(F)cn2)C1)N1N=CCC1c1ccccc1. The van der Waals surface area contributed by atoms with E-state index < -0.39 is 5.82 Å². The number of aromatic nitrogens is 2. The molecule has 1 aromatic carbocycles. The molecule has 0 bridgehead atoms. The summed E-state index contributed by atoms with van der Waals surface area (Å²) in [5.74, 6) is -0.514. The van der Waals surface area contributed by atoms with Crippen molar-refractivity contribution in [2.45, 2.75) is 25.0 Å². The summed E-state index contributed by atoms with van der Waals surface area (Å²) in [5.41, 5.74) is 1.06. The van der Waals surface area contributed by atoms with E-state index >= 15 is 0 Å². The fourth-order valence-electron chi connectivity index (χ4n) is 3.20. The summed E-state index contributed by atoms with van der Waals surface area (Å²) in [6, 6.07) is 9.76. The van der Waals surface area contributed by atoms with Crippen LogP contribution in [0.1, 0.15) is 24.4 Å². The second-order valence-electron chi connectivity index (χ2n) is 6.25. The minimum Gasteiger partial charge on any atom is -0.458 e. The lowest BCUT2D eigenvalue weighted by Crippen LogP contribution is -2.40. The molecule has 7 nitrogen and oxygen atoms in total. The molecule has 8 heteroatoms. The molecule has 2 aliphatic heterocycles. The van der Waals surface area contributed by atoms with Gasteiger partial charge < -0.3 is 9.64 Å². The number of rotatable bonds is 3. The quantitative estimate of drug-likeness (QED) is 0.849. The highest BCUT2D eigenvalue weighted by Gasteiger charge is 2.35. The number of hydrazone groups is 1. The molecule has 2 aromatic rings. The van der Waals surface area contributed by atoms with E-state index in [0.29, 0.717) is 25.9 Å². The lowest BCUT2D eigenvalue weighted by atomic mass is 10.1. The van der Waals surface area contributed by atoms with Gasteiger partial charge in [-0.15, -0.1) is 0 Å². The highest BCUT2D eigenvalue weighted by Crippen LogP contribution is 2.30. The van der Waals surface area contributed by atoms with Crippen molar-refractivity contribution in [3.63, 3.8) is 0 Å². The molecule has 2 unspecified atom stereocenters. The molecule has 0 aliphatic carbocycles. The first kappa shape index (κ1) is 16.4. The Balaban J connectivity index is 1.39. The predicted octanol–water partition coefficient (Wildman–Crippen LogP) is 2.62. The Morgan fingerprint density at radius 1 is 1.19 bits per heavy atom. The summed E-state index contributed by atoms with van der Waals surface area (Å²) < 4.78 is 18.5. The number of halogens is 1. The van der Waals surface area contributed by atoms with E-state index in [0.717, 1.165) is 18.0 Å². The largest absolute Gasteiger partial charge is 0.458 e. The van der Waals surface area contributed by atoms with Gasteiger partial charge in [0.25, 0.3) is 0 Å². The van der Waals surface area contributed by atoms with Gasteiger partial charge in [0.15, 0.2) is 5.82 Å². The van der Waals surface area contributed by atoms with Crippen LogP contribution in [0, 0.1) is 5.82 Å². The second-order valence-corrected chi connectivity index (χ2v) is 6.25. The van der Waals surface area contributed by atoms with Crippen LogP contribution in [-0.4, -0.2) is 51.3 Å². The van der Waals surface area contributed by atoms with Gasteiger partial charge in [-0.1, -0.05) is 30.3 Å². The summed E-state index contributed by atoms with van der Waals surface area (Å²) >= 11 is 0. The molecular formula is C18H18FN5O2. The van der Waals surface area contributed by atoms with Crippen LogP contribution in [-0.2, 0) is 0 Å². The molecule has 0 saturated carbocycles. The third kappa shape index (κ3) is 3.35. The number of amides is 2. The smallest absolute Gasteiger partial charge is 0.341 e. The molecule has 0 N–H and O–H groups in total. The van der Waals surface area contributed by atoms with Crippen molar-refractivity contribution in [1.29, 1.82) is 0 Å². The van der Waals surface area contributed by atoms with E-state index in [9.17, 15) is 9.18 Å². The maximum Gasteiger partial charge on any atom is 0.341 e. The van der Waals surface area contributed by atoms with E-state index in [-0.39, 0.29) is 24.2 Å². The van der Waals surface area contributed by atoms with Crippen LogP contribution in [0.5, 0.6) is 6.01 Å². The first-order valence-corrected chi connectivity index (χ1v) is 8.50. The number of ether oxygens (including phenoxy) is 1. The topological polar surface area (TPSA) is 70.9 Å². The molecule has 0 spiro atoms. The molecule has 1 aromatic heterocycles. The predicted molar refractivity (Wildman–Crippen MR) is 92.1 cm³/mol. The van der Waals surface area contributed by atoms with Crippen LogP contribution in [0.4, 0.5) is 9.18 Å². The minimum atomic E-state index is -0.514. The van der Waals surface area contributed by atoms with Crippen molar-refractivity contribution < 1.29 is 13.9 Å². The van der Waals surface area contributed by atoms with Gasteiger partial charge >= 0.3 is 12.0 Å². The number of urea groups is 1. The van der Waals surface area contributed by atoms with Gasteiger partial charge in [0.05, 0.1) is 25.0 Å². The summed E-state index contributed by atoms with van der Waals surface area (Å²) in [4.78, 5) is 22.2. The van der Waals surface area contributed by atoms with E-state index in [1.807, 2.05) is 30.3 Å².